The van der Waals surface area contributed by atoms with Crippen LogP contribution in [0.15, 0.2) is 60.8 Å². The van der Waals surface area contributed by atoms with Crippen LogP contribution in [0.3, 0.4) is 0 Å². The Bertz CT molecular complexity index is 1080. The molecule has 0 aliphatic carbocycles. The number of nitrogens with zero attached hydrogens (tertiary/aromatic N) is 2. The molecule has 2 amide bonds. The largest absolute Gasteiger partial charge is 0.573 e. The fraction of sp³-hybridized carbons (Fsp3) is 0.150. The molecule has 1 aromatic heterocycles. The van der Waals surface area contributed by atoms with Gasteiger partial charge in [-0.05, 0) is 29.8 Å². The number of fused-ring (bicyclic) bond motifs is 1. The van der Waals surface area contributed by atoms with Gasteiger partial charge in [-0.3, -0.25) is 9.59 Å². The molecule has 0 saturated carbocycles. The standard InChI is InChI=1S/C20H15F3N4O3/c21-20(22,23)30-14-8-6-13(7-9-14)25-19(29)16-10-17(28)26-18-15(11-24-27(16)18)12-4-2-1-3-5-12/h1-9,11,16H,10H2,(H,25,29)(H,26,28). The first-order valence-corrected chi connectivity index (χ1v) is 8.89. The molecule has 1 aliphatic rings. The maximum atomic E-state index is 12.8. The van der Waals surface area contributed by atoms with Crippen LogP contribution >= 0.6 is 0 Å². The summed E-state index contributed by atoms with van der Waals surface area (Å²) in [7, 11) is 0. The third-order valence-electron chi connectivity index (χ3n) is 4.47. The molecular formula is C20H15F3N4O3. The zero-order valence-electron chi connectivity index (χ0n) is 15.3. The van der Waals surface area contributed by atoms with Crippen LogP contribution in [0.4, 0.5) is 24.7 Å². The van der Waals surface area contributed by atoms with Crippen LogP contribution in [0, 0.1) is 0 Å². The van der Waals surface area contributed by atoms with Crippen LogP contribution in [0.5, 0.6) is 5.75 Å². The summed E-state index contributed by atoms with van der Waals surface area (Å²) in [5.41, 5.74) is 1.77. The molecule has 0 radical (unpaired) electrons. The lowest BCUT2D eigenvalue weighted by molar-refractivity contribution is -0.274. The number of aromatic nitrogens is 2. The predicted octanol–water partition coefficient (Wildman–Crippen LogP) is 3.97. The van der Waals surface area contributed by atoms with Gasteiger partial charge in [-0.1, -0.05) is 30.3 Å². The fourth-order valence-electron chi connectivity index (χ4n) is 3.17. The smallest absolute Gasteiger partial charge is 0.406 e. The van der Waals surface area contributed by atoms with E-state index in [2.05, 4.69) is 20.5 Å². The number of amides is 2. The highest BCUT2D eigenvalue weighted by molar-refractivity contribution is 6.03. The zero-order chi connectivity index (χ0) is 21.3. The van der Waals surface area contributed by atoms with Gasteiger partial charge in [0, 0.05) is 11.3 Å². The van der Waals surface area contributed by atoms with E-state index < -0.39 is 24.1 Å². The van der Waals surface area contributed by atoms with Gasteiger partial charge in [-0.15, -0.1) is 13.2 Å². The number of anilines is 2. The molecule has 1 atom stereocenters. The number of ether oxygens (including phenoxy) is 1. The summed E-state index contributed by atoms with van der Waals surface area (Å²) in [6.07, 6.45) is -3.35. The van der Waals surface area contributed by atoms with Gasteiger partial charge in [0.1, 0.15) is 17.6 Å². The van der Waals surface area contributed by atoms with Gasteiger partial charge >= 0.3 is 6.36 Å². The minimum absolute atomic E-state index is 0.121. The molecule has 7 nitrogen and oxygen atoms in total. The Morgan fingerprint density at radius 3 is 2.50 bits per heavy atom. The van der Waals surface area contributed by atoms with E-state index in [4.69, 9.17) is 0 Å². The van der Waals surface area contributed by atoms with Crippen molar-refractivity contribution >= 4 is 23.3 Å². The van der Waals surface area contributed by atoms with Gasteiger partial charge in [0.15, 0.2) is 0 Å². The van der Waals surface area contributed by atoms with Crippen LogP contribution in [-0.4, -0.2) is 28.0 Å². The number of benzene rings is 2. The minimum atomic E-state index is -4.80. The number of carbonyl (C=O) groups is 2. The van der Waals surface area contributed by atoms with Crippen molar-refractivity contribution in [1.82, 2.24) is 9.78 Å². The Morgan fingerprint density at radius 2 is 1.83 bits per heavy atom. The minimum Gasteiger partial charge on any atom is -0.406 e. The summed E-state index contributed by atoms with van der Waals surface area (Å²) in [4.78, 5) is 25.0. The van der Waals surface area contributed by atoms with Crippen LogP contribution in [0.1, 0.15) is 12.5 Å². The average molecular weight is 416 g/mol. The van der Waals surface area contributed by atoms with Crippen LogP contribution < -0.4 is 15.4 Å². The van der Waals surface area contributed by atoms with Gasteiger partial charge in [-0.2, -0.15) is 5.10 Å². The second kappa shape index (κ2) is 7.54. The highest BCUT2D eigenvalue weighted by atomic mass is 19.4. The predicted molar refractivity (Wildman–Crippen MR) is 102 cm³/mol. The first kappa shape index (κ1) is 19.5. The second-order valence-corrected chi connectivity index (χ2v) is 6.55. The fourth-order valence-corrected chi connectivity index (χ4v) is 3.17. The van der Waals surface area contributed by atoms with E-state index in [9.17, 15) is 22.8 Å². The zero-order valence-corrected chi connectivity index (χ0v) is 15.3. The van der Waals surface area contributed by atoms with E-state index in [0.717, 1.165) is 17.7 Å². The molecular weight excluding hydrogens is 401 g/mol. The molecule has 10 heteroatoms. The number of halogens is 3. The molecule has 2 aromatic carbocycles. The van der Waals surface area contributed by atoms with Crippen molar-refractivity contribution in [2.75, 3.05) is 10.6 Å². The number of alkyl halides is 3. The first-order valence-electron chi connectivity index (χ1n) is 8.89. The van der Waals surface area contributed by atoms with E-state index in [1.54, 1.807) is 6.20 Å². The van der Waals surface area contributed by atoms with Crippen molar-refractivity contribution in [1.29, 1.82) is 0 Å². The number of carbonyl (C=O) groups excluding carboxylic acids is 2. The Morgan fingerprint density at radius 1 is 1.13 bits per heavy atom. The van der Waals surface area contributed by atoms with E-state index in [-0.39, 0.29) is 18.0 Å². The molecule has 2 N–H and O–H groups in total. The molecule has 4 rings (SSSR count). The van der Waals surface area contributed by atoms with Gasteiger partial charge in [0.2, 0.25) is 11.8 Å². The molecule has 154 valence electrons. The average Bonchev–Trinajstić information content (AvgIpc) is 3.12. The van der Waals surface area contributed by atoms with Crippen molar-refractivity contribution in [2.24, 2.45) is 0 Å². The SMILES string of the molecule is O=C1CC(C(=O)Nc2ccc(OC(F)(F)F)cc2)n2ncc(-c3ccccc3)c2N1. The van der Waals surface area contributed by atoms with Crippen molar-refractivity contribution in [3.05, 3.63) is 60.8 Å². The highest BCUT2D eigenvalue weighted by Gasteiger charge is 2.33. The van der Waals surface area contributed by atoms with Crippen molar-refractivity contribution < 1.29 is 27.5 Å². The molecule has 0 spiro atoms. The van der Waals surface area contributed by atoms with Crippen LogP contribution in [-0.2, 0) is 9.59 Å². The number of nitrogens with one attached hydrogen (secondary N) is 2. The lowest BCUT2D eigenvalue weighted by Gasteiger charge is -2.24. The van der Waals surface area contributed by atoms with E-state index in [0.29, 0.717) is 11.4 Å². The first-order chi connectivity index (χ1) is 14.3. The third-order valence-corrected chi connectivity index (χ3v) is 4.47. The Kier molecular flexibility index (Phi) is 4.90. The van der Waals surface area contributed by atoms with Gasteiger partial charge in [0.05, 0.1) is 12.6 Å². The normalized spacial score (nSPS) is 15.8. The van der Waals surface area contributed by atoms with E-state index in [1.807, 2.05) is 30.3 Å². The monoisotopic (exact) mass is 416 g/mol. The number of hydrogen-bond acceptors (Lipinski definition) is 4. The second-order valence-electron chi connectivity index (χ2n) is 6.55. The van der Waals surface area contributed by atoms with Crippen LogP contribution in [0.25, 0.3) is 11.1 Å². The summed E-state index contributed by atoms with van der Waals surface area (Å²) < 4.78 is 42.0. The Labute approximate surface area is 168 Å². The molecule has 0 saturated heterocycles. The van der Waals surface area contributed by atoms with Gasteiger partial charge < -0.3 is 15.4 Å². The summed E-state index contributed by atoms with van der Waals surface area (Å²) >= 11 is 0. The van der Waals surface area contributed by atoms with Gasteiger partial charge in [0.25, 0.3) is 0 Å². The number of hydrogen-bond donors (Lipinski definition) is 2. The van der Waals surface area contributed by atoms with Crippen molar-refractivity contribution in [3.8, 4) is 16.9 Å². The van der Waals surface area contributed by atoms with Gasteiger partial charge in [-0.25, -0.2) is 4.68 Å². The summed E-state index contributed by atoms with van der Waals surface area (Å²) in [6.45, 7) is 0. The molecule has 30 heavy (non-hydrogen) atoms. The van der Waals surface area contributed by atoms with Crippen LogP contribution in [0.2, 0.25) is 0 Å². The molecule has 0 fully saturated rings. The summed E-state index contributed by atoms with van der Waals surface area (Å²) in [5.74, 6) is -0.849. The summed E-state index contributed by atoms with van der Waals surface area (Å²) in [6, 6.07) is 13.1. The van der Waals surface area contributed by atoms with E-state index >= 15 is 0 Å². The maximum absolute atomic E-state index is 12.8. The Hall–Kier alpha value is -3.82. The topological polar surface area (TPSA) is 85.2 Å². The molecule has 3 aromatic rings. The Balaban J connectivity index is 1.54. The molecule has 0 bridgehead atoms. The van der Waals surface area contributed by atoms with Crippen molar-refractivity contribution in [3.63, 3.8) is 0 Å². The highest BCUT2D eigenvalue weighted by Crippen LogP contribution is 2.34. The quantitative estimate of drug-likeness (QED) is 0.674. The van der Waals surface area contributed by atoms with E-state index in [1.165, 1.54) is 16.8 Å². The molecule has 1 unspecified atom stereocenters. The number of rotatable bonds is 4. The lowest BCUT2D eigenvalue weighted by Crippen LogP contribution is -2.35. The lowest BCUT2D eigenvalue weighted by atomic mass is 10.1. The maximum Gasteiger partial charge on any atom is 0.573 e. The third kappa shape index (κ3) is 4.12. The van der Waals surface area contributed by atoms with Crippen molar-refractivity contribution in [2.45, 2.75) is 18.8 Å². The molecule has 1 aliphatic heterocycles. The summed E-state index contributed by atoms with van der Waals surface area (Å²) in [5, 5.41) is 9.60. The molecule has 2 heterocycles.